The van der Waals surface area contributed by atoms with Gasteiger partial charge in [-0.1, -0.05) is 12.8 Å². The molecule has 1 spiro atoms. The summed E-state index contributed by atoms with van der Waals surface area (Å²) >= 11 is 0. The molecule has 3 fully saturated rings. The largest absolute Gasteiger partial charge is 0.391 e. The van der Waals surface area contributed by atoms with Gasteiger partial charge in [-0.05, 0) is 64.5 Å². The van der Waals surface area contributed by atoms with Gasteiger partial charge < -0.3 is 14.9 Å². The molecule has 0 bridgehead atoms. The van der Waals surface area contributed by atoms with E-state index >= 15 is 0 Å². The molecule has 4 nitrogen and oxygen atoms in total. The quantitative estimate of drug-likeness (QED) is 0.809. The van der Waals surface area contributed by atoms with Gasteiger partial charge in [0.25, 0.3) is 0 Å². The normalized spacial score (nSPS) is 32.5. The van der Waals surface area contributed by atoms with E-state index in [2.05, 4.69) is 4.90 Å². The number of hydrogen-bond acceptors (Lipinski definition) is 3. The van der Waals surface area contributed by atoms with Crippen LogP contribution in [0.4, 0.5) is 0 Å². The van der Waals surface area contributed by atoms with Crippen LogP contribution >= 0.6 is 0 Å². The van der Waals surface area contributed by atoms with Gasteiger partial charge in [0, 0.05) is 19.5 Å². The van der Waals surface area contributed by atoms with E-state index in [9.17, 15) is 9.90 Å². The lowest BCUT2D eigenvalue weighted by molar-refractivity contribution is -0.157. The number of piperidine rings is 2. The predicted molar refractivity (Wildman–Crippen MR) is 87.6 cm³/mol. The first-order valence-corrected chi connectivity index (χ1v) is 9.04. The number of hydrogen-bond donors (Lipinski definition) is 1. The molecule has 3 rings (SSSR count). The van der Waals surface area contributed by atoms with Crippen LogP contribution in [0.3, 0.4) is 0 Å². The summed E-state index contributed by atoms with van der Waals surface area (Å²) in [5.74, 6) is 0.0985. The average molecular weight is 308 g/mol. The molecule has 1 unspecified atom stereocenters. The first-order chi connectivity index (χ1) is 10.3. The summed E-state index contributed by atoms with van der Waals surface area (Å²) in [6.07, 6.45) is 8.19. The van der Waals surface area contributed by atoms with E-state index < -0.39 is 11.6 Å². The SMILES string of the molecule is CC(=O)N1CC2(CCN(C3CCCC3)CC2)CC(O)C1(C)C. The average Bonchev–Trinajstić information content (AvgIpc) is 2.98. The highest BCUT2D eigenvalue weighted by Crippen LogP contribution is 2.45. The van der Waals surface area contributed by atoms with Crippen molar-refractivity contribution < 1.29 is 9.90 Å². The van der Waals surface area contributed by atoms with Gasteiger partial charge in [-0.15, -0.1) is 0 Å². The Morgan fingerprint density at radius 1 is 1.14 bits per heavy atom. The number of aliphatic hydroxyl groups excluding tert-OH is 1. The van der Waals surface area contributed by atoms with Crippen LogP contribution in [0.1, 0.15) is 65.7 Å². The Bertz CT molecular complexity index is 421. The number of amides is 1. The number of nitrogens with zero attached hydrogens (tertiary/aromatic N) is 2. The van der Waals surface area contributed by atoms with Crippen molar-refractivity contribution in [3.63, 3.8) is 0 Å². The molecule has 2 heterocycles. The minimum absolute atomic E-state index is 0.0985. The molecule has 1 saturated carbocycles. The molecular weight excluding hydrogens is 276 g/mol. The van der Waals surface area contributed by atoms with Gasteiger partial charge in [-0.3, -0.25) is 4.79 Å². The second-order valence-electron chi connectivity index (χ2n) is 8.45. The van der Waals surface area contributed by atoms with Crippen molar-refractivity contribution >= 4 is 5.91 Å². The van der Waals surface area contributed by atoms with Crippen molar-refractivity contribution in [2.75, 3.05) is 19.6 Å². The van der Waals surface area contributed by atoms with E-state index in [-0.39, 0.29) is 11.3 Å². The third-order valence-corrected chi connectivity index (χ3v) is 6.71. The molecule has 2 aliphatic heterocycles. The lowest BCUT2D eigenvalue weighted by atomic mass is 9.67. The molecule has 0 radical (unpaired) electrons. The predicted octanol–water partition coefficient (Wildman–Crippen LogP) is 2.40. The van der Waals surface area contributed by atoms with Gasteiger partial charge in [0.1, 0.15) is 0 Å². The molecular formula is C18H32N2O2. The molecule has 0 aromatic carbocycles. The zero-order chi connectivity index (χ0) is 16.0. The third-order valence-electron chi connectivity index (χ3n) is 6.71. The standard InChI is InChI=1S/C18H32N2O2/c1-14(21)20-13-18(12-16(22)17(20,2)3)8-10-19(11-9-18)15-6-4-5-7-15/h15-16,22H,4-13H2,1-3H3. The summed E-state index contributed by atoms with van der Waals surface area (Å²) in [6.45, 7) is 8.75. The molecule has 22 heavy (non-hydrogen) atoms. The van der Waals surface area contributed by atoms with Crippen LogP contribution in [0.5, 0.6) is 0 Å². The first-order valence-electron chi connectivity index (χ1n) is 9.04. The number of aliphatic hydroxyl groups is 1. The Hall–Kier alpha value is -0.610. The maximum absolute atomic E-state index is 12.1. The molecule has 1 aliphatic carbocycles. The lowest BCUT2D eigenvalue weighted by Crippen LogP contribution is -2.64. The maximum atomic E-state index is 12.1. The van der Waals surface area contributed by atoms with Crippen LogP contribution in [0, 0.1) is 5.41 Å². The van der Waals surface area contributed by atoms with Crippen LogP contribution in [0.25, 0.3) is 0 Å². The van der Waals surface area contributed by atoms with Crippen molar-refractivity contribution in [1.82, 2.24) is 9.80 Å². The fourth-order valence-electron chi connectivity index (χ4n) is 4.96. The first kappa shape index (κ1) is 16.3. The van der Waals surface area contributed by atoms with Crippen molar-refractivity contribution in [2.45, 2.75) is 83.4 Å². The van der Waals surface area contributed by atoms with Gasteiger partial charge in [-0.2, -0.15) is 0 Å². The molecule has 1 N–H and O–H groups in total. The highest BCUT2D eigenvalue weighted by molar-refractivity contribution is 5.74. The Kier molecular flexibility index (Phi) is 4.28. The zero-order valence-electron chi connectivity index (χ0n) is 14.5. The fraction of sp³-hybridized carbons (Fsp3) is 0.944. The number of carbonyl (C=O) groups excluding carboxylic acids is 1. The summed E-state index contributed by atoms with van der Waals surface area (Å²) < 4.78 is 0. The lowest BCUT2D eigenvalue weighted by Gasteiger charge is -2.56. The van der Waals surface area contributed by atoms with Gasteiger partial charge in [-0.25, -0.2) is 0 Å². The minimum atomic E-state index is -0.431. The minimum Gasteiger partial charge on any atom is -0.391 e. The Labute approximate surface area is 134 Å². The molecule has 0 aromatic rings. The highest BCUT2D eigenvalue weighted by Gasteiger charge is 2.50. The molecule has 1 amide bonds. The molecule has 0 aromatic heterocycles. The van der Waals surface area contributed by atoms with Gasteiger partial charge in [0.05, 0.1) is 11.6 Å². The Morgan fingerprint density at radius 3 is 2.27 bits per heavy atom. The van der Waals surface area contributed by atoms with E-state index in [4.69, 9.17) is 0 Å². The molecule has 126 valence electrons. The van der Waals surface area contributed by atoms with E-state index in [0.717, 1.165) is 44.9 Å². The molecule has 3 aliphatic rings. The van der Waals surface area contributed by atoms with Crippen LogP contribution in [-0.2, 0) is 4.79 Å². The monoisotopic (exact) mass is 308 g/mol. The topological polar surface area (TPSA) is 43.8 Å². The summed E-state index contributed by atoms with van der Waals surface area (Å²) in [4.78, 5) is 16.7. The van der Waals surface area contributed by atoms with Crippen LogP contribution < -0.4 is 0 Å². The van der Waals surface area contributed by atoms with Gasteiger partial charge in [0.15, 0.2) is 0 Å². The van der Waals surface area contributed by atoms with Crippen LogP contribution in [0.2, 0.25) is 0 Å². The van der Waals surface area contributed by atoms with E-state index in [0.29, 0.717) is 0 Å². The van der Waals surface area contributed by atoms with E-state index in [1.807, 2.05) is 18.7 Å². The van der Waals surface area contributed by atoms with Crippen LogP contribution in [0.15, 0.2) is 0 Å². The van der Waals surface area contributed by atoms with Crippen LogP contribution in [-0.4, -0.2) is 58.1 Å². The number of carbonyl (C=O) groups is 1. The maximum Gasteiger partial charge on any atom is 0.219 e. The number of rotatable bonds is 1. The van der Waals surface area contributed by atoms with E-state index in [1.165, 1.54) is 25.7 Å². The summed E-state index contributed by atoms with van der Waals surface area (Å²) in [7, 11) is 0. The Balaban J connectivity index is 1.68. The zero-order valence-corrected chi connectivity index (χ0v) is 14.5. The molecule has 1 atom stereocenters. The number of likely N-dealkylation sites (tertiary alicyclic amines) is 2. The molecule has 4 heteroatoms. The second kappa shape index (κ2) is 5.79. The third kappa shape index (κ3) is 2.80. The van der Waals surface area contributed by atoms with Crippen molar-refractivity contribution in [1.29, 1.82) is 0 Å². The van der Waals surface area contributed by atoms with E-state index in [1.54, 1.807) is 6.92 Å². The Morgan fingerprint density at radius 2 is 1.73 bits per heavy atom. The van der Waals surface area contributed by atoms with Crippen molar-refractivity contribution in [2.24, 2.45) is 5.41 Å². The second-order valence-corrected chi connectivity index (χ2v) is 8.45. The smallest absolute Gasteiger partial charge is 0.219 e. The summed E-state index contributed by atoms with van der Waals surface area (Å²) in [6, 6.07) is 0.797. The van der Waals surface area contributed by atoms with Gasteiger partial charge in [0.2, 0.25) is 5.91 Å². The summed E-state index contributed by atoms with van der Waals surface area (Å²) in [5, 5.41) is 10.6. The fourth-order valence-corrected chi connectivity index (χ4v) is 4.96. The van der Waals surface area contributed by atoms with Gasteiger partial charge >= 0.3 is 0 Å². The van der Waals surface area contributed by atoms with Crippen molar-refractivity contribution in [3.05, 3.63) is 0 Å². The van der Waals surface area contributed by atoms with Crippen molar-refractivity contribution in [3.8, 4) is 0 Å². The molecule has 2 saturated heterocycles. The summed E-state index contributed by atoms with van der Waals surface area (Å²) in [5.41, 5.74) is -0.296. The highest BCUT2D eigenvalue weighted by atomic mass is 16.3.